The Morgan fingerprint density at radius 2 is 1.92 bits per heavy atom. The zero-order chi connectivity index (χ0) is 16.8. The number of fused-ring (bicyclic) bond motifs is 1. The summed E-state index contributed by atoms with van der Waals surface area (Å²) in [6.45, 7) is 5.10. The lowest BCUT2D eigenvalue weighted by Gasteiger charge is -2.10. The Bertz CT molecular complexity index is 870. The first kappa shape index (κ1) is 15.6. The number of anilines is 1. The summed E-state index contributed by atoms with van der Waals surface area (Å²) in [6, 6.07) is 11.9. The van der Waals surface area contributed by atoms with Crippen molar-refractivity contribution < 1.29 is 0 Å². The molecule has 0 unspecified atom stereocenters. The van der Waals surface area contributed by atoms with Gasteiger partial charge in [0, 0.05) is 22.7 Å². The van der Waals surface area contributed by atoms with Gasteiger partial charge >= 0.3 is 0 Å². The maximum absolute atomic E-state index is 6.42. The van der Waals surface area contributed by atoms with E-state index in [-0.39, 0.29) is 0 Å². The molecule has 1 N–H and O–H groups in total. The number of hydrogen-bond donors (Lipinski definition) is 1. The van der Waals surface area contributed by atoms with Gasteiger partial charge in [-0.1, -0.05) is 35.3 Å². The fourth-order valence-corrected chi connectivity index (χ4v) is 3.57. The van der Waals surface area contributed by atoms with Crippen LogP contribution in [0, 0.1) is 13.8 Å². The smallest absolute Gasteiger partial charge is 0.133 e. The van der Waals surface area contributed by atoms with Gasteiger partial charge in [-0.2, -0.15) is 5.10 Å². The summed E-state index contributed by atoms with van der Waals surface area (Å²) in [4.78, 5) is 0. The van der Waals surface area contributed by atoms with E-state index in [1.807, 2.05) is 16.8 Å². The van der Waals surface area contributed by atoms with Crippen LogP contribution in [-0.2, 0) is 6.42 Å². The Hall–Kier alpha value is -1.97. The minimum Gasteiger partial charge on any atom is -0.369 e. The highest BCUT2D eigenvalue weighted by atomic mass is 35.5. The third-order valence-electron chi connectivity index (χ3n) is 4.43. The summed E-state index contributed by atoms with van der Waals surface area (Å²) in [5.41, 5.74) is 6.46. The van der Waals surface area contributed by atoms with Crippen molar-refractivity contribution in [2.24, 2.45) is 0 Å². The highest BCUT2D eigenvalue weighted by molar-refractivity contribution is 6.35. The Morgan fingerprint density at radius 1 is 1.08 bits per heavy atom. The lowest BCUT2D eigenvalue weighted by Crippen LogP contribution is -2.06. The standard InChI is InChI=1S/C19H17Cl2N3/c1-11-3-4-12(2)17(9-11)24-19-14(7-8-22-19)18(23-24)15-10-13(20)5-6-16(15)21/h3-6,9-10,22H,7-8H2,1-2H3. The summed E-state index contributed by atoms with van der Waals surface area (Å²) in [6.07, 6.45) is 0.929. The Kier molecular flexibility index (Phi) is 3.78. The van der Waals surface area contributed by atoms with Crippen molar-refractivity contribution in [1.82, 2.24) is 9.78 Å². The lowest BCUT2D eigenvalue weighted by molar-refractivity contribution is 0.874. The Labute approximate surface area is 151 Å². The van der Waals surface area contributed by atoms with E-state index in [9.17, 15) is 0 Å². The summed E-state index contributed by atoms with van der Waals surface area (Å²) >= 11 is 12.6. The van der Waals surface area contributed by atoms with Gasteiger partial charge in [0.15, 0.2) is 0 Å². The molecular formula is C19H17Cl2N3. The number of benzene rings is 2. The van der Waals surface area contributed by atoms with E-state index in [2.05, 4.69) is 37.4 Å². The number of rotatable bonds is 2. The fraction of sp³-hybridized carbons (Fsp3) is 0.211. The van der Waals surface area contributed by atoms with E-state index in [1.165, 1.54) is 16.7 Å². The second-order valence-electron chi connectivity index (χ2n) is 6.18. The molecule has 24 heavy (non-hydrogen) atoms. The van der Waals surface area contributed by atoms with Crippen LogP contribution >= 0.6 is 23.2 Å². The minimum absolute atomic E-state index is 0.662. The third kappa shape index (κ3) is 2.48. The van der Waals surface area contributed by atoms with Gasteiger partial charge in [-0.3, -0.25) is 0 Å². The first-order valence-corrected chi connectivity index (χ1v) is 8.69. The SMILES string of the molecule is Cc1ccc(C)c(-n2nc(-c3cc(Cl)ccc3Cl)c3c2NCC3)c1. The van der Waals surface area contributed by atoms with Crippen molar-refractivity contribution in [1.29, 1.82) is 0 Å². The van der Waals surface area contributed by atoms with Gasteiger partial charge in [-0.25, -0.2) is 4.68 Å². The number of aromatic nitrogens is 2. The van der Waals surface area contributed by atoms with E-state index < -0.39 is 0 Å². The molecule has 0 radical (unpaired) electrons. The second kappa shape index (κ2) is 5.83. The molecular weight excluding hydrogens is 341 g/mol. The molecule has 1 aliphatic rings. The summed E-state index contributed by atoms with van der Waals surface area (Å²) in [5.74, 6) is 1.05. The second-order valence-corrected chi connectivity index (χ2v) is 7.02. The van der Waals surface area contributed by atoms with Crippen LogP contribution in [0.25, 0.3) is 16.9 Å². The van der Waals surface area contributed by atoms with Crippen molar-refractivity contribution in [3.05, 3.63) is 63.1 Å². The maximum Gasteiger partial charge on any atom is 0.133 e. The molecule has 2 aromatic carbocycles. The number of aryl methyl sites for hydroxylation is 2. The molecule has 0 fully saturated rings. The van der Waals surface area contributed by atoms with Gasteiger partial charge in [-0.15, -0.1) is 0 Å². The molecule has 0 atom stereocenters. The topological polar surface area (TPSA) is 29.9 Å². The monoisotopic (exact) mass is 357 g/mol. The molecule has 0 amide bonds. The number of nitrogens with zero attached hydrogens (tertiary/aromatic N) is 2. The molecule has 0 saturated heterocycles. The molecule has 0 aliphatic carbocycles. The van der Waals surface area contributed by atoms with Crippen LogP contribution < -0.4 is 5.32 Å². The molecule has 1 aliphatic heterocycles. The molecule has 3 nitrogen and oxygen atoms in total. The van der Waals surface area contributed by atoms with Crippen LogP contribution in [0.2, 0.25) is 10.0 Å². The minimum atomic E-state index is 0.662. The van der Waals surface area contributed by atoms with Gasteiger partial charge < -0.3 is 5.32 Å². The lowest BCUT2D eigenvalue weighted by atomic mass is 10.1. The van der Waals surface area contributed by atoms with Crippen LogP contribution in [0.3, 0.4) is 0 Å². The van der Waals surface area contributed by atoms with Crippen LogP contribution in [-0.4, -0.2) is 16.3 Å². The van der Waals surface area contributed by atoms with Crippen LogP contribution in [0.5, 0.6) is 0 Å². The van der Waals surface area contributed by atoms with Gasteiger partial charge in [0.1, 0.15) is 5.82 Å². The predicted molar refractivity (Wildman–Crippen MR) is 101 cm³/mol. The quantitative estimate of drug-likeness (QED) is 0.662. The van der Waals surface area contributed by atoms with Gasteiger partial charge in [0.25, 0.3) is 0 Å². The molecule has 1 aromatic heterocycles. The summed E-state index contributed by atoms with van der Waals surface area (Å²) < 4.78 is 2.00. The molecule has 3 aromatic rings. The highest BCUT2D eigenvalue weighted by Crippen LogP contribution is 2.38. The van der Waals surface area contributed by atoms with E-state index >= 15 is 0 Å². The fourth-order valence-electron chi connectivity index (χ4n) is 3.19. The van der Waals surface area contributed by atoms with Gasteiger partial charge in [0.05, 0.1) is 16.4 Å². The molecule has 0 saturated carbocycles. The van der Waals surface area contributed by atoms with Crippen molar-refractivity contribution in [3.63, 3.8) is 0 Å². The van der Waals surface area contributed by atoms with E-state index in [0.29, 0.717) is 10.0 Å². The molecule has 5 heteroatoms. The average Bonchev–Trinajstić information content (AvgIpc) is 3.15. The molecule has 0 bridgehead atoms. The van der Waals surface area contributed by atoms with Crippen LogP contribution in [0.15, 0.2) is 36.4 Å². The predicted octanol–water partition coefficient (Wildman–Crippen LogP) is 5.43. The third-order valence-corrected chi connectivity index (χ3v) is 4.99. The Morgan fingerprint density at radius 3 is 2.75 bits per heavy atom. The maximum atomic E-state index is 6.42. The summed E-state index contributed by atoms with van der Waals surface area (Å²) in [5, 5.41) is 9.68. The average molecular weight is 358 g/mol. The Balaban J connectivity index is 1.96. The van der Waals surface area contributed by atoms with Gasteiger partial charge in [0.2, 0.25) is 0 Å². The number of halogens is 2. The van der Waals surface area contributed by atoms with Crippen molar-refractivity contribution >= 4 is 29.0 Å². The first-order valence-electron chi connectivity index (χ1n) is 7.93. The highest BCUT2D eigenvalue weighted by Gasteiger charge is 2.25. The normalized spacial score (nSPS) is 13.0. The molecule has 2 heterocycles. The van der Waals surface area contributed by atoms with E-state index in [4.69, 9.17) is 28.3 Å². The summed E-state index contributed by atoms with van der Waals surface area (Å²) in [7, 11) is 0. The van der Waals surface area contributed by atoms with Crippen LogP contribution in [0.4, 0.5) is 5.82 Å². The zero-order valence-corrected chi connectivity index (χ0v) is 15.0. The molecule has 122 valence electrons. The molecule has 0 spiro atoms. The molecule has 4 rings (SSSR count). The van der Waals surface area contributed by atoms with E-state index in [1.54, 1.807) is 6.07 Å². The van der Waals surface area contributed by atoms with Crippen molar-refractivity contribution in [3.8, 4) is 16.9 Å². The van der Waals surface area contributed by atoms with Crippen LogP contribution in [0.1, 0.15) is 16.7 Å². The first-order chi connectivity index (χ1) is 11.5. The zero-order valence-electron chi connectivity index (χ0n) is 13.5. The van der Waals surface area contributed by atoms with E-state index in [0.717, 1.165) is 35.7 Å². The number of hydrogen-bond acceptors (Lipinski definition) is 2. The van der Waals surface area contributed by atoms with Gasteiger partial charge in [-0.05, 0) is 55.7 Å². The number of nitrogens with one attached hydrogen (secondary N) is 1. The van der Waals surface area contributed by atoms with Crippen molar-refractivity contribution in [2.75, 3.05) is 11.9 Å². The largest absolute Gasteiger partial charge is 0.369 e. The van der Waals surface area contributed by atoms with Crippen molar-refractivity contribution in [2.45, 2.75) is 20.3 Å².